The molecule has 1 fully saturated rings. The number of aromatic nitrogens is 1. The van der Waals surface area contributed by atoms with E-state index in [0.29, 0.717) is 24.2 Å². The molecule has 0 aromatic carbocycles. The second-order valence-corrected chi connectivity index (χ2v) is 3.63. The zero-order chi connectivity index (χ0) is 11.7. The first-order chi connectivity index (χ1) is 7.67. The van der Waals surface area contributed by atoms with Crippen LogP contribution < -0.4 is 4.90 Å². The Kier molecular flexibility index (Phi) is 2.38. The van der Waals surface area contributed by atoms with Crippen LogP contribution in [0.15, 0.2) is 4.52 Å². The summed E-state index contributed by atoms with van der Waals surface area (Å²) in [6.07, 6.45) is 5.56. The van der Waals surface area contributed by atoms with Gasteiger partial charge in [-0.2, -0.15) is 5.26 Å². The van der Waals surface area contributed by atoms with Crippen LogP contribution in [-0.4, -0.2) is 17.6 Å². The van der Waals surface area contributed by atoms with Gasteiger partial charge in [-0.3, -0.25) is 9.69 Å². The molecule has 1 saturated heterocycles. The number of hydrogen-bond donors (Lipinski definition) is 0. The van der Waals surface area contributed by atoms with E-state index in [1.165, 1.54) is 4.90 Å². The van der Waals surface area contributed by atoms with Gasteiger partial charge in [0.2, 0.25) is 5.91 Å². The van der Waals surface area contributed by atoms with E-state index < -0.39 is 0 Å². The Balaban J connectivity index is 2.36. The highest BCUT2D eigenvalue weighted by Gasteiger charge is 2.34. The normalized spacial score (nSPS) is 19.6. The molecule has 5 nitrogen and oxygen atoms in total. The molecule has 1 aliphatic heterocycles. The Morgan fingerprint density at radius 3 is 3.00 bits per heavy atom. The Hall–Kier alpha value is -2.27. The zero-order valence-corrected chi connectivity index (χ0v) is 8.73. The third-order valence-corrected chi connectivity index (χ3v) is 2.56. The number of anilines is 1. The lowest BCUT2D eigenvalue weighted by molar-refractivity contribution is -0.117. The summed E-state index contributed by atoms with van der Waals surface area (Å²) in [4.78, 5) is 13.0. The van der Waals surface area contributed by atoms with Crippen LogP contribution in [0.4, 0.5) is 5.88 Å². The molecule has 0 bridgehead atoms. The highest BCUT2D eigenvalue weighted by Crippen LogP contribution is 2.28. The van der Waals surface area contributed by atoms with Gasteiger partial charge in [-0.15, -0.1) is 12.3 Å². The second-order valence-electron chi connectivity index (χ2n) is 3.63. The van der Waals surface area contributed by atoms with Crippen LogP contribution in [0.2, 0.25) is 0 Å². The van der Waals surface area contributed by atoms with Crippen molar-refractivity contribution in [3.05, 3.63) is 11.3 Å². The van der Waals surface area contributed by atoms with Crippen LogP contribution in [0.25, 0.3) is 0 Å². The standard InChI is InChI=1S/C11H9N3O2/c1-3-8-4-10(15)14(6-8)11-9(5-12)7(2)13-16-11/h1,8H,4,6H2,2H3. The van der Waals surface area contributed by atoms with Crippen LogP contribution in [0.1, 0.15) is 17.7 Å². The van der Waals surface area contributed by atoms with Crippen molar-refractivity contribution in [1.82, 2.24) is 5.16 Å². The highest BCUT2D eigenvalue weighted by atomic mass is 16.5. The van der Waals surface area contributed by atoms with Crippen molar-refractivity contribution in [3.63, 3.8) is 0 Å². The van der Waals surface area contributed by atoms with Crippen molar-refractivity contribution in [2.75, 3.05) is 11.4 Å². The van der Waals surface area contributed by atoms with Crippen molar-refractivity contribution in [2.24, 2.45) is 5.92 Å². The molecular weight excluding hydrogens is 206 g/mol. The molecule has 1 aliphatic rings. The number of nitrogens with zero attached hydrogens (tertiary/aromatic N) is 3. The van der Waals surface area contributed by atoms with Gasteiger partial charge in [-0.05, 0) is 6.92 Å². The van der Waals surface area contributed by atoms with E-state index in [1.807, 2.05) is 6.07 Å². The fourth-order valence-corrected chi connectivity index (χ4v) is 1.69. The summed E-state index contributed by atoms with van der Waals surface area (Å²) in [6.45, 7) is 2.05. The van der Waals surface area contributed by atoms with E-state index >= 15 is 0 Å². The van der Waals surface area contributed by atoms with Crippen LogP contribution in [-0.2, 0) is 4.79 Å². The quantitative estimate of drug-likeness (QED) is 0.651. The minimum absolute atomic E-state index is 0.121. The predicted molar refractivity (Wildman–Crippen MR) is 55.2 cm³/mol. The molecule has 0 spiro atoms. The van der Waals surface area contributed by atoms with Gasteiger partial charge in [-0.1, -0.05) is 5.16 Å². The summed E-state index contributed by atoms with van der Waals surface area (Å²) in [5, 5.41) is 12.6. The lowest BCUT2D eigenvalue weighted by atomic mass is 10.1. The van der Waals surface area contributed by atoms with Crippen molar-refractivity contribution in [2.45, 2.75) is 13.3 Å². The van der Waals surface area contributed by atoms with Crippen molar-refractivity contribution in [3.8, 4) is 18.4 Å². The van der Waals surface area contributed by atoms with Crippen molar-refractivity contribution >= 4 is 11.8 Å². The summed E-state index contributed by atoms with van der Waals surface area (Å²) in [5.74, 6) is 2.49. The maximum Gasteiger partial charge on any atom is 0.252 e. The number of amides is 1. The fourth-order valence-electron chi connectivity index (χ4n) is 1.69. The lowest BCUT2D eigenvalue weighted by Gasteiger charge is -2.10. The Morgan fingerprint density at radius 2 is 2.44 bits per heavy atom. The topological polar surface area (TPSA) is 70.1 Å². The number of hydrogen-bond acceptors (Lipinski definition) is 4. The summed E-state index contributed by atoms with van der Waals surface area (Å²) in [7, 11) is 0. The van der Waals surface area contributed by atoms with E-state index in [9.17, 15) is 4.79 Å². The van der Waals surface area contributed by atoms with Gasteiger partial charge >= 0.3 is 0 Å². The SMILES string of the molecule is C#CC1CC(=O)N(c2onc(C)c2C#N)C1. The van der Waals surface area contributed by atoms with Gasteiger partial charge in [0.15, 0.2) is 0 Å². The van der Waals surface area contributed by atoms with Crippen LogP contribution in [0, 0.1) is 36.5 Å². The summed E-state index contributed by atoms with van der Waals surface area (Å²) in [5.41, 5.74) is 0.778. The van der Waals surface area contributed by atoms with Crippen LogP contribution >= 0.6 is 0 Å². The fraction of sp³-hybridized carbons (Fsp3) is 0.364. The number of terminal acetylenes is 1. The van der Waals surface area contributed by atoms with Crippen molar-refractivity contribution < 1.29 is 9.32 Å². The third kappa shape index (κ3) is 1.43. The largest absolute Gasteiger partial charge is 0.336 e. The molecule has 16 heavy (non-hydrogen) atoms. The first-order valence-corrected chi connectivity index (χ1v) is 4.80. The van der Waals surface area contributed by atoms with Gasteiger partial charge in [0.05, 0.1) is 0 Å². The third-order valence-electron chi connectivity index (χ3n) is 2.56. The molecule has 0 radical (unpaired) electrons. The highest BCUT2D eigenvalue weighted by molar-refractivity contribution is 5.95. The van der Waals surface area contributed by atoms with E-state index in [4.69, 9.17) is 16.2 Å². The maximum absolute atomic E-state index is 11.7. The molecule has 80 valence electrons. The molecule has 0 saturated carbocycles. The monoisotopic (exact) mass is 215 g/mol. The number of carbonyl (C=O) groups is 1. The average Bonchev–Trinajstić information content (AvgIpc) is 2.81. The minimum Gasteiger partial charge on any atom is -0.336 e. The summed E-state index contributed by atoms with van der Waals surface area (Å²) in [6, 6.07) is 1.97. The number of nitriles is 1. The van der Waals surface area contributed by atoms with Gasteiger partial charge in [0.1, 0.15) is 17.3 Å². The van der Waals surface area contributed by atoms with Gasteiger partial charge < -0.3 is 4.52 Å². The molecule has 1 amide bonds. The molecule has 5 heteroatoms. The molecule has 1 unspecified atom stereocenters. The van der Waals surface area contributed by atoms with Crippen LogP contribution in [0.3, 0.4) is 0 Å². The zero-order valence-electron chi connectivity index (χ0n) is 8.73. The predicted octanol–water partition coefficient (Wildman–Crippen LogP) is 0.841. The minimum atomic E-state index is -0.129. The molecule has 2 rings (SSSR count). The smallest absolute Gasteiger partial charge is 0.252 e. The molecule has 1 atom stereocenters. The number of rotatable bonds is 1. The number of aryl methyl sites for hydroxylation is 1. The van der Waals surface area contributed by atoms with Crippen LogP contribution in [0.5, 0.6) is 0 Å². The van der Waals surface area contributed by atoms with Crippen molar-refractivity contribution in [1.29, 1.82) is 5.26 Å². The van der Waals surface area contributed by atoms with E-state index in [-0.39, 0.29) is 17.7 Å². The molecule has 2 heterocycles. The van der Waals surface area contributed by atoms with E-state index in [1.54, 1.807) is 6.92 Å². The molecule has 1 aromatic heterocycles. The second kappa shape index (κ2) is 3.71. The van der Waals surface area contributed by atoms with E-state index in [2.05, 4.69) is 11.1 Å². The molecular formula is C11H9N3O2. The van der Waals surface area contributed by atoms with Gasteiger partial charge in [0, 0.05) is 18.9 Å². The molecule has 0 aliphatic carbocycles. The average molecular weight is 215 g/mol. The van der Waals surface area contributed by atoms with E-state index in [0.717, 1.165) is 0 Å². The van der Waals surface area contributed by atoms with Gasteiger partial charge in [-0.25, -0.2) is 0 Å². The summed E-state index contributed by atoms with van der Waals surface area (Å²) < 4.78 is 5.00. The Bertz CT molecular complexity index is 518. The Labute approximate surface area is 92.6 Å². The lowest BCUT2D eigenvalue weighted by Crippen LogP contribution is -2.24. The first-order valence-electron chi connectivity index (χ1n) is 4.80. The Morgan fingerprint density at radius 1 is 1.69 bits per heavy atom. The first kappa shape index (κ1) is 10.3. The molecule has 0 N–H and O–H groups in total. The molecule has 1 aromatic rings. The summed E-state index contributed by atoms with van der Waals surface area (Å²) >= 11 is 0. The van der Waals surface area contributed by atoms with Gasteiger partial charge in [0.25, 0.3) is 5.88 Å². The number of carbonyl (C=O) groups excluding carboxylic acids is 1. The maximum atomic E-state index is 11.7.